The van der Waals surface area contributed by atoms with Crippen LogP contribution < -0.4 is 16.0 Å². The second-order valence-electron chi connectivity index (χ2n) is 8.61. The number of aryl methyl sites for hydroxylation is 1. The smallest absolute Gasteiger partial charge is 0.379 e. The molecule has 0 radical (unpaired) electrons. The van der Waals surface area contributed by atoms with Gasteiger partial charge in [-0.05, 0) is 36.4 Å². The van der Waals surface area contributed by atoms with E-state index < -0.39 is 30.6 Å². The molecule has 1 atom stereocenters. The molecule has 1 saturated heterocycles. The van der Waals surface area contributed by atoms with E-state index in [0.717, 1.165) is 0 Å². The zero-order valence-corrected chi connectivity index (χ0v) is 19.4. The Kier molecular flexibility index (Phi) is 5.90. The van der Waals surface area contributed by atoms with E-state index in [9.17, 15) is 22.7 Å². The minimum absolute atomic E-state index is 0.0260. The summed E-state index contributed by atoms with van der Waals surface area (Å²) in [6.45, 7) is -0.559. The number of hydrogen-bond acceptors (Lipinski definition) is 9. The average Bonchev–Trinajstić information content (AvgIpc) is 3.43. The highest BCUT2D eigenvalue weighted by molar-refractivity contribution is 5.66. The Labute approximate surface area is 207 Å². The molecule has 0 bridgehead atoms. The summed E-state index contributed by atoms with van der Waals surface area (Å²) in [5.41, 5.74) is 4.39. The van der Waals surface area contributed by atoms with Crippen LogP contribution in [0.15, 0.2) is 48.8 Å². The number of halogens is 4. The lowest BCUT2D eigenvalue weighted by Crippen LogP contribution is -2.47. The largest absolute Gasteiger partial charge is 0.418 e. The molecule has 4 N–H and O–H groups in total. The second-order valence-corrected chi connectivity index (χ2v) is 8.61. The van der Waals surface area contributed by atoms with Gasteiger partial charge in [-0.3, -0.25) is 0 Å². The maximum atomic E-state index is 14.7. The van der Waals surface area contributed by atoms with Crippen LogP contribution in [-0.4, -0.2) is 59.7 Å². The Morgan fingerprint density at radius 1 is 1.11 bits per heavy atom. The topological polar surface area (TPSA) is 131 Å². The van der Waals surface area contributed by atoms with E-state index >= 15 is 0 Å². The van der Waals surface area contributed by atoms with Crippen LogP contribution >= 0.6 is 0 Å². The number of aliphatic hydroxyl groups is 1. The maximum absolute atomic E-state index is 14.7. The average molecular weight is 515 g/mol. The first kappa shape index (κ1) is 24.4. The molecular formula is C23H21F4N9O. The molecule has 14 heteroatoms. The molecular weight excluding hydrogens is 494 g/mol. The maximum Gasteiger partial charge on any atom is 0.418 e. The number of pyridine rings is 1. The molecule has 192 valence electrons. The number of hydrogen-bond donors (Lipinski definition) is 3. The molecule has 1 fully saturated rings. The van der Waals surface area contributed by atoms with Gasteiger partial charge in [0, 0.05) is 49.2 Å². The molecule has 37 heavy (non-hydrogen) atoms. The highest BCUT2D eigenvalue weighted by Crippen LogP contribution is 2.39. The van der Waals surface area contributed by atoms with E-state index in [0.29, 0.717) is 34.5 Å². The third-order valence-electron chi connectivity index (χ3n) is 6.04. The predicted octanol–water partition coefficient (Wildman–Crippen LogP) is 3.30. The van der Waals surface area contributed by atoms with Crippen molar-refractivity contribution in [3.05, 3.63) is 54.6 Å². The van der Waals surface area contributed by atoms with Crippen LogP contribution in [0.3, 0.4) is 0 Å². The van der Waals surface area contributed by atoms with Crippen LogP contribution in [0.2, 0.25) is 0 Å². The van der Waals surface area contributed by atoms with Gasteiger partial charge in [-0.2, -0.15) is 18.2 Å². The molecule has 3 aromatic heterocycles. The van der Waals surface area contributed by atoms with Gasteiger partial charge >= 0.3 is 6.18 Å². The zero-order chi connectivity index (χ0) is 26.4. The van der Waals surface area contributed by atoms with Gasteiger partial charge in [-0.25, -0.2) is 24.0 Å². The molecule has 0 saturated carbocycles. The number of nitrogen functional groups attached to an aromatic ring is 1. The first-order chi connectivity index (χ1) is 17.5. The van der Waals surface area contributed by atoms with Crippen molar-refractivity contribution in [1.29, 1.82) is 0 Å². The number of aromatic nitrogens is 6. The molecule has 10 nitrogen and oxygen atoms in total. The fourth-order valence-electron chi connectivity index (χ4n) is 4.00. The summed E-state index contributed by atoms with van der Waals surface area (Å²) in [5, 5.41) is 17.2. The van der Waals surface area contributed by atoms with Gasteiger partial charge in [0.2, 0.25) is 11.9 Å². The van der Waals surface area contributed by atoms with Crippen molar-refractivity contribution >= 4 is 23.4 Å². The van der Waals surface area contributed by atoms with Crippen molar-refractivity contribution in [2.24, 2.45) is 7.05 Å². The molecule has 1 aliphatic rings. The summed E-state index contributed by atoms with van der Waals surface area (Å²) in [6.07, 6.45) is -2.25. The number of anilines is 4. The lowest BCUT2D eigenvalue weighted by atomic mass is 10.0. The summed E-state index contributed by atoms with van der Waals surface area (Å²) < 4.78 is 55.5. The molecule has 1 aromatic carbocycles. The van der Waals surface area contributed by atoms with E-state index in [-0.39, 0.29) is 18.1 Å². The fourth-order valence-corrected chi connectivity index (χ4v) is 4.00. The number of rotatable bonds is 5. The number of nitrogens with zero attached hydrogens (tertiary/aromatic N) is 7. The molecule has 4 aromatic rings. The molecule has 5 rings (SSSR count). The van der Waals surface area contributed by atoms with Crippen molar-refractivity contribution < 1.29 is 22.7 Å². The summed E-state index contributed by atoms with van der Waals surface area (Å²) in [5.74, 6) is 0.457. The van der Waals surface area contributed by atoms with Crippen LogP contribution in [0.1, 0.15) is 6.42 Å². The normalized spacial score (nSPS) is 17.8. The van der Waals surface area contributed by atoms with Gasteiger partial charge in [-0.1, -0.05) is 0 Å². The highest BCUT2D eigenvalue weighted by atomic mass is 19.4. The Hall–Kier alpha value is -4.33. The molecule has 0 spiro atoms. The Morgan fingerprint density at radius 2 is 1.92 bits per heavy atom. The van der Waals surface area contributed by atoms with Crippen LogP contribution in [-0.2, 0) is 7.05 Å². The number of benzene rings is 1. The quantitative estimate of drug-likeness (QED) is 0.343. The third-order valence-corrected chi connectivity index (χ3v) is 6.04. The number of β-amino-alcohol motifs (C(OH)–C–C–N with tert-alkyl or cyclic N) is 1. The summed E-state index contributed by atoms with van der Waals surface area (Å²) in [4.78, 5) is 17.9. The van der Waals surface area contributed by atoms with Gasteiger partial charge in [0.05, 0.1) is 12.2 Å². The monoisotopic (exact) mass is 515 g/mol. The van der Waals surface area contributed by atoms with Gasteiger partial charge < -0.3 is 21.1 Å². The van der Waals surface area contributed by atoms with Gasteiger partial charge in [0.15, 0.2) is 11.4 Å². The van der Waals surface area contributed by atoms with E-state index in [1.807, 2.05) is 0 Å². The summed E-state index contributed by atoms with van der Waals surface area (Å²) in [7, 11) is 1.65. The Bertz CT molecular complexity index is 1440. The number of alkyl halides is 3. The lowest BCUT2D eigenvalue weighted by Gasteiger charge is -2.26. The minimum Gasteiger partial charge on any atom is -0.379 e. The van der Waals surface area contributed by atoms with Crippen LogP contribution in [0.4, 0.5) is 41.0 Å². The number of nitrogens with one attached hydrogen (secondary N) is 1. The van der Waals surface area contributed by atoms with E-state index in [1.54, 1.807) is 37.4 Å². The van der Waals surface area contributed by atoms with Crippen molar-refractivity contribution in [1.82, 2.24) is 29.7 Å². The lowest BCUT2D eigenvalue weighted by molar-refractivity contribution is -0.250. The SMILES string of the molecule is Cn1nc(-c2ccc(N3CC[C@@](O)(C(F)(F)F)C3)nc2)nc1Nc1ccc(-c2ccnc(N)n2)c(F)c1. The Balaban J connectivity index is 1.31. The van der Waals surface area contributed by atoms with Crippen molar-refractivity contribution in [3.63, 3.8) is 0 Å². The van der Waals surface area contributed by atoms with Crippen LogP contribution in [0.25, 0.3) is 22.6 Å². The van der Waals surface area contributed by atoms with Gasteiger partial charge in [0.1, 0.15) is 11.6 Å². The van der Waals surface area contributed by atoms with Gasteiger partial charge in [-0.15, -0.1) is 5.10 Å². The van der Waals surface area contributed by atoms with Crippen LogP contribution in [0.5, 0.6) is 0 Å². The molecule has 4 heterocycles. The fraction of sp³-hybridized carbons (Fsp3) is 0.261. The molecule has 0 unspecified atom stereocenters. The molecule has 0 aliphatic carbocycles. The van der Waals surface area contributed by atoms with E-state index in [2.05, 4.69) is 30.4 Å². The minimum atomic E-state index is -4.71. The van der Waals surface area contributed by atoms with Crippen molar-refractivity contribution in [3.8, 4) is 22.6 Å². The molecule has 0 amide bonds. The van der Waals surface area contributed by atoms with Crippen LogP contribution in [0, 0.1) is 5.82 Å². The summed E-state index contributed by atoms with van der Waals surface area (Å²) >= 11 is 0. The second kappa shape index (κ2) is 8.96. The standard InChI is InChI=1S/C23H21F4N9O/c1-35-21(31-14-3-4-15(16(24)10-14)17-6-8-29-20(28)32-17)33-19(34-35)13-2-5-18(30-11-13)36-9-7-22(37,12-36)23(25,26)27/h2-6,8,10-11,37H,7,9,12H2,1H3,(H2,28,29,32)(H,31,33,34)/t22-/m0/s1. The number of nitrogens with two attached hydrogens (primary N) is 1. The van der Waals surface area contributed by atoms with Crippen molar-refractivity contribution in [2.75, 3.05) is 29.0 Å². The first-order valence-electron chi connectivity index (χ1n) is 11.1. The highest BCUT2D eigenvalue weighted by Gasteiger charge is 2.57. The Morgan fingerprint density at radius 3 is 2.57 bits per heavy atom. The predicted molar refractivity (Wildman–Crippen MR) is 127 cm³/mol. The van der Waals surface area contributed by atoms with E-state index in [1.165, 1.54) is 28.0 Å². The first-order valence-corrected chi connectivity index (χ1v) is 11.1. The third kappa shape index (κ3) is 4.74. The zero-order valence-electron chi connectivity index (χ0n) is 19.4. The van der Waals surface area contributed by atoms with Gasteiger partial charge in [0.25, 0.3) is 0 Å². The molecule has 1 aliphatic heterocycles. The van der Waals surface area contributed by atoms with E-state index in [4.69, 9.17) is 5.73 Å². The summed E-state index contributed by atoms with van der Waals surface area (Å²) in [6, 6.07) is 9.23. The van der Waals surface area contributed by atoms with Crippen molar-refractivity contribution in [2.45, 2.75) is 18.2 Å².